The molecule has 1 amide bonds. The van der Waals surface area contributed by atoms with Crippen molar-refractivity contribution >= 4 is 66.4 Å². The maximum absolute atomic E-state index is 12.6. The summed E-state index contributed by atoms with van der Waals surface area (Å²) in [5, 5.41) is 7.04. The van der Waals surface area contributed by atoms with E-state index in [0.29, 0.717) is 22.4 Å². The molecule has 0 aliphatic heterocycles. The van der Waals surface area contributed by atoms with Crippen molar-refractivity contribution in [1.82, 2.24) is 10.3 Å². The first kappa shape index (κ1) is 22.4. The minimum atomic E-state index is -0.296. The first-order valence-corrected chi connectivity index (χ1v) is 12.0. The number of thiazole rings is 1. The van der Waals surface area contributed by atoms with Crippen LogP contribution >= 0.6 is 39.5 Å². The van der Waals surface area contributed by atoms with E-state index in [-0.39, 0.29) is 11.0 Å². The molecule has 3 aromatic carbocycles. The predicted octanol–water partition coefficient (Wildman–Crippen LogP) is 6.56. The number of ether oxygens (including phenoxy) is 1. The molecular weight excluding hydrogens is 506 g/mol. The molecule has 1 aromatic heterocycles. The third kappa shape index (κ3) is 4.98. The number of thiocarbonyl (C=S) groups is 1. The molecule has 0 fully saturated rings. The Kier molecular flexibility index (Phi) is 6.83. The lowest BCUT2D eigenvalue weighted by atomic mass is 10.1. The molecule has 162 valence electrons. The van der Waals surface area contributed by atoms with E-state index in [1.807, 2.05) is 44.2 Å². The number of anilines is 1. The third-order valence-corrected chi connectivity index (χ3v) is 6.65. The average molecular weight is 526 g/mol. The fraction of sp³-hybridized carbons (Fsp3) is 0.125. The number of amides is 1. The zero-order valence-electron chi connectivity index (χ0n) is 17.4. The number of rotatable bonds is 5. The molecule has 0 aliphatic carbocycles. The van der Waals surface area contributed by atoms with Crippen molar-refractivity contribution in [2.75, 3.05) is 11.9 Å². The third-order valence-electron chi connectivity index (χ3n) is 4.74. The number of benzene rings is 3. The van der Waals surface area contributed by atoms with Crippen molar-refractivity contribution in [3.63, 3.8) is 0 Å². The molecule has 1 heterocycles. The molecule has 0 spiro atoms. The average Bonchev–Trinajstić information content (AvgIpc) is 3.21. The fourth-order valence-corrected chi connectivity index (χ4v) is 4.83. The summed E-state index contributed by atoms with van der Waals surface area (Å²) in [5.41, 5.74) is 4.35. The Balaban J connectivity index is 1.44. The van der Waals surface area contributed by atoms with E-state index in [1.165, 1.54) is 0 Å². The molecule has 0 aliphatic rings. The van der Waals surface area contributed by atoms with E-state index in [4.69, 9.17) is 21.9 Å². The van der Waals surface area contributed by atoms with Gasteiger partial charge in [-0.3, -0.25) is 10.1 Å². The van der Waals surface area contributed by atoms with Gasteiger partial charge in [-0.15, -0.1) is 11.3 Å². The quantitative estimate of drug-likeness (QED) is 0.289. The van der Waals surface area contributed by atoms with Crippen molar-refractivity contribution in [2.24, 2.45) is 0 Å². The molecule has 0 saturated heterocycles. The van der Waals surface area contributed by atoms with Gasteiger partial charge in [-0.1, -0.05) is 12.1 Å². The monoisotopic (exact) mass is 525 g/mol. The van der Waals surface area contributed by atoms with Crippen molar-refractivity contribution in [1.29, 1.82) is 0 Å². The molecule has 4 aromatic rings. The molecule has 0 atom stereocenters. The maximum Gasteiger partial charge on any atom is 0.257 e. The van der Waals surface area contributed by atoms with Crippen molar-refractivity contribution < 1.29 is 9.53 Å². The van der Waals surface area contributed by atoms with Crippen molar-refractivity contribution in [3.05, 3.63) is 76.3 Å². The molecule has 0 unspecified atom stereocenters. The molecule has 4 rings (SSSR count). The second kappa shape index (κ2) is 9.77. The molecule has 0 bridgehead atoms. The fourth-order valence-electron chi connectivity index (χ4n) is 3.18. The van der Waals surface area contributed by atoms with Gasteiger partial charge in [-0.2, -0.15) is 0 Å². The van der Waals surface area contributed by atoms with Gasteiger partial charge in [0, 0.05) is 16.8 Å². The minimum absolute atomic E-state index is 0.232. The van der Waals surface area contributed by atoms with Crippen molar-refractivity contribution in [3.8, 4) is 16.3 Å². The molecule has 5 nitrogen and oxygen atoms in total. The predicted molar refractivity (Wildman–Crippen MR) is 139 cm³/mol. The minimum Gasteiger partial charge on any atom is -0.493 e. The Bertz CT molecular complexity index is 1290. The number of hydrogen-bond acceptors (Lipinski definition) is 5. The van der Waals surface area contributed by atoms with Crippen LogP contribution in [0.25, 0.3) is 20.8 Å². The van der Waals surface area contributed by atoms with Gasteiger partial charge in [0.05, 0.1) is 21.3 Å². The summed E-state index contributed by atoms with van der Waals surface area (Å²) in [6, 6.07) is 19.3. The number of aromatic nitrogens is 1. The largest absolute Gasteiger partial charge is 0.493 e. The highest BCUT2D eigenvalue weighted by atomic mass is 79.9. The van der Waals surface area contributed by atoms with Crippen LogP contribution in [0.5, 0.6) is 5.75 Å². The van der Waals surface area contributed by atoms with Gasteiger partial charge in [0.15, 0.2) is 5.11 Å². The Morgan fingerprint density at radius 2 is 1.97 bits per heavy atom. The van der Waals surface area contributed by atoms with Crippen LogP contribution in [0.15, 0.2) is 65.1 Å². The Morgan fingerprint density at radius 1 is 1.16 bits per heavy atom. The first-order chi connectivity index (χ1) is 15.4. The molecule has 0 radical (unpaired) electrons. The summed E-state index contributed by atoms with van der Waals surface area (Å²) < 4.78 is 7.36. The van der Waals surface area contributed by atoms with Crippen LogP contribution in [0.2, 0.25) is 0 Å². The van der Waals surface area contributed by atoms with Gasteiger partial charge in [-0.25, -0.2) is 4.98 Å². The summed E-state index contributed by atoms with van der Waals surface area (Å²) in [6.07, 6.45) is 0. The second-order valence-electron chi connectivity index (χ2n) is 7.00. The summed E-state index contributed by atoms with van der Waals surface area (Å²) in [6.45, 7) is 4.45. The standard InChI is InChI=1S/C24H20BrN3O2S2/c1-3-30-20-11-9-15(13-17(20)25)22(29)28-24(31)27-18-10-8-16(12-14(18)2)23-26-19-6-4-5-7-21(19)32-23/h4-13H,3H2,1-2H3,(H2,27,28,29,31). The highest BCUT2D eigenvalue weighted by Gasteiger charge is 2.12. The summed E-state index contributed by atoms with van der Waals surface area (Å²) >= 11 is 10.4. The Hall–Kier alpha value is -2.81. The number of carbonyl (C=O) groups is 1. The number of fused-ring (bicyclic) bond motifs is 1. The van der Waals surface area contributed by atoms with Crippen LogP contribution in [-0.2, 0) is 0 Å². The number of nitrogens with one attached hydrogen (secondary N) is 2. The van der Waals surface area contributed by atoms with Gasteiger partial charge in [0.2, 0.25) is 0 Å². The summed E-state index contributed by atoms with van der Waals surface area (Å²) in [4.78, 5) is 17.3. The second-order valence-corrected chi connectivity index (χ2v) is 9.30. The lowest BCUT2D eigenvalue weighted by molar-refractivity contribution is 0.0977. The van der Waals surface area contributed by atoms with E-state index < -0.39 is 0 Å². The number of nitrogens with zero attached hydrogens (tertiary/aromatic N) is 1. The SMILES string of the molecule is CCOc1ccc(C(=O)NC(=S)Nc2ccc(-c3nc4ccccc4s3)cc2C)cc1Br. The highest BCUT2D eigenvalue weighted by molar-refractivity contribution is 9.10. The van der Waals surface area contributed by atoms with Crippen LogP contribution in [0, 0.1) is 6.92 Å². The normalized spacial score (nSPS) is 10.7. The van der Waals surface area contributed by atoms with E-state index in [1.54, 1.807) is 29.5 Å². The van der Waals surface area contributed by atoms with E-state index in [9.17, 15) is 4.79 Å². The Morgan fingerprint density at radius 3 is 2.69 bits per heavy atom. The van der Waals surface area contributed by atoms with Gasteiger partial charge in [-0.05, 0) is 96.1 Å². The topological polar surface area (TPSA) is 63.2 Å². The molecule has 0 saturated carbocycles. The van der Waals surface area contributed by atoms with E-state index >= 15 is 0 Å². The molecular formula is C24H20BrN3O2S2. The van der Waals surface area contributed by atoms with Gasteiger partial charge in [0.25, 0.3) is 5.91 Å². The van der Waals surface area contributed by atoms with Crippen molar-refractivity contribution in [2.45, 2.75) is 13.8 Å². The number of halogens is 1. The maximum atomic E-state index is 12.6. The summed E-state index contributed by atoms with van der Waals surface area (Å²) in [5.74, 6) is 0.392. The molecule has 2 N–H and O–H groups in total. The Labute approximate surface area is 204 Å². The highest BCUT2D eigenvalue weighted by Crippen LogP contribution is 2.32. The smallest absolute Gasteiger partial charge is 0.257 e. The first-order valence-electron chi connectivity index (χ1n) is 9.96. The summed E-state index contributed by atoms with van der Waals surface area (Å²) in [7, 11) is 0. The zero-order chi connectivity index (χ0) is 22.7. The van der Waals surface area contributed by atoms with Crippen LogP contribution in [0.1, 0.15) is 22.8 Å². The lowest BCUT2D eigenvalue weighted by Crippen LogP contribution is -2.34. The van der Waals surface area contributed by atoms with Gasteiger partial charge >= 0.3 is 0 Å². The van der Waals surface area contributed by atoms with Crippen LogP contribution in [-0.4, -0.2) is 22.6 Å². The number of aryl methyl sites for hydroxylation is 1. The van der Waals surface area contributed by atoms with E-state index in [0.717, 1.165) is 32.0 Å². The van der Waals surface area contributed by atoms with E-state index in [2.05, 4.69) is 38.7 Å². The van der Waals surface area contributed by atoms with Crippen LogP contribution in [0.4, 0.5) is 5.69 Å². The zero-order valence-corrected chi connectivity index (χ0v) is 20.7. The molecule has 32 heavy (non-hydrogen) atoms. The molecule has 8 heteroatoms. The van der Waals surface area contributed by atoms with Crippen LogP contribution < -0.4 is 15.4 Å². The number of para-hydroxylation sites is 1. The van der Waals surface area contributed by atoms with Crippen LogP contribution in [0.3, 0.4) is 0 Å². The number of hydrogen-bond donors (Lipinski definition) is 2. The van der Waals surface area contributed by atoms with Gasteiger partial charge < -0.3 is 10.1 Å². The van der Waals surface area contributed by atoms with Gasteiger partial charge in [0.1, 0.15) is 10.8 Å². The lowest BCUT2D eigenvalue weighted by Gasteiger charge is -2.13. The number of carbonyl (C=O) groups excluding carboxylic acids is 1.